The molecule has 2 heterocycles. The van der Waals surface area contributed by atoms with Crippen molar-refractivity contribution in [2.75, 3.05) is 24.7 Å². The van der Waals surface area contributed by atoms with Gasteiger partial charge in [-0.05, 0) is 66.9 Å². The first-order chi connectivity index (χ1) is 18.7. The SMILES string of the molecule is CCCCOP(OCCC#N)OC[C@@H]1CC[C@H](n2ccc(N(C(=O)OC(C)(C)C)C(=O)OC(C)(C)C)nc2=O)O1. The number of nitrogens with zero attached hydrogens (tertiary/aromatic N) is 4. The number of hydrogen-bond donors (Lipinski definition) is 0. The number of unbranched alkanes of at least 4 members (excludes halogenated alkanes) is 1. The molecule has 1 fully saturated rings. The second kappa shape index (κ2) is 15.4. The molecule has 1 aromatic heterocycles. The van der Waals surface area contributed by atoms with Crippen LogP contribution in [0.25, 0.3) is 0 Å². The van der Waals surface area contributed by atoms with Crippen LogP contribution in [0.5, 0.6) is 0 Å². The summed E-state index contributed by atoms with van der Waals surface area (Å²) in [7, 11) is -1.62. The summed E-state index contributed by atoms with van der Waals surface area (Å²) < 4.78 is 35.0. The van der Waals surface area contributed by atoms with Crippen LogP contribution < -0.4 is 10.6 Å². The highest BCUT2D eigenvalue weighted by Gasteiger charge is 2.35. The van der Waals surface area contributed by atoms with Crippen LogP contribution in [0.2, 0.25) is 0 Å². The van der Waals surface area contributed by atoms with Gasteiger partial charge >= 0.3 is 26.5 Å². The Kier molecular flexibility index (Phi) is 12.9. The van der Waals surface area contributed by atoms with Gasteiger partial charge in [-0.1, -0.05) is 13.3 Å². The molecule has 0 spiro atoms. The van der Waals surface area contributed by atoms with Gasteiger partial charge in [-0.2, -0.15) is 15.1 Å². The van der Waals surface area contributed by atoms with Crippen LogP contribution in [-0.4, -0.2) is 58.9 Å². The Labute approximate surface area is 236 Å². The first-order valence-corrected chi connectivity index (χ1v) is 14.4. The van der Waals surface area contributed by atoms with Crippen molar-refractivity contribution in [2.24, 2.45) is 0 Å². The Hall–Kier alpha value is -2.62. The number of hydrogen-bond acceptors (Lipinski definition) is 11. The van der Waals surface area contributed by atoms with Crippen LogP contribution in [0, 0.1) is 11.3 Å². The smallest absolute Gasteiger partial charge is 0.425 e. The lowest BCUT2D eigenvalue weighted by atomic mass is 10.2. The summed E-state index contributed by atoms with van der Waals surface area (Å²) >= 11 is 0. The van der Waals surface area contributed by atoms with E-state index >= 15 is 0 Å². The van der Waals surface area contributed by atoms with Crippen molar-refractivity contribution in [1.29, 1.82) is 5.26 Å². The molecule has 0 aromatic carbocycles. The minimum Gasteiger partial charge on any atom is -0.443 e. The Bertz CT molecular complexity index is 1050. The summed E-state index contributed by atoms with van der Waals surface area (Å²) in [5, 5.41) is 8.74. The van der Waals surface area contributed by atoms with Gasteiger partial charge in [0.1, 0.15) is 17.4 Å². The third kappa shape index (κ3) is 11.5. The molecule has 13 nitrogen and oxygen atoms in total. The van der Waals surface area contributed by atoms with E-state index in [-0.39, 0.29) is 31.6 Å². The average Bonchev–Trinajstić information content (AvgIpc) is 3.29. The van der Waals surface area contributed by atoms with E-state index < -0.39 is 43.9 Å². The molecule has 0 radical (unpaired) electrons. The lowest BCUT2D eigenvalue weighted by Gasteiger charge is -2.28. The highest BCUT2D eigenvalue weighted by molar-refractivity contribution is 7.41. The van der Waals surface area contributed by atoms with E-state index in [1.54, 1.807) is 41.5 Å². The first kappa shape index (κ1) is 33.6. The largest absolute Gasteiger partial charge is 0.443 e. The molecule has 0 N–H and O–H groups in total. The Morgan fingerprint density at radius 2 is 1.73 bits per heavy atom. The number of imide groups is 1. The third-order valence-electron chi connectivity index (χ3n) is 5.06. The van der Waals surface area contributed by atoms with Gasteiger partial charge in [-0.15, -0.1) is 0 Å². The number of carbonyl (C=O) groups excluding carboxylic acids is 2. The summed E-state index contributed by atoms with van der Waals surface area (Å²) in [4.78, 5) is 43.2. The maximum Gasteiger partial charge on any atom is 0.425 e. The number of nitriles is 1. The minimum atomic E-state index is -1.62. The average molecular weight is 585 g/mol. The van der Waals surface area contributed by atoms with E-state index in [1.165, 1.54) is 16.8 Å². The molecule has 14 heteroatoms. The predicted molar refractivity (Wildman–Crippen MR) is 147 cm³/mol. The van der Waals surface area contributed by atoms with Crippen molar-refractivity contribution >= 4 is 26.6 Å². The zero-order valence-corrected chi connectivity index (χ0v) is 25.3. The van der Waals surface area contributed by atoms with Crippen LogP contribution >= 0.6 is 8.60 Å². The third-order valence-corrected chi connectivity index (χ3v) is 6.21. The fourth-order valence-corrected chi connectivity index (χ4v) is 4.37. The summed E-state index contributed by atoms with van der Waals surface area (Å²) in [5.74, 6) is -0.230. The number of rotatable bonds is 12. The summed E-state index contributed by atoms with van der Waals surface area (Å²) in [6.07, 6.45) is 1.60. The fraction of sp³-hybridized carbons (Fsp3) is 0.731. The van der Waals surface area contributed by atoms with E-state index in [0.29, 0.717) is 24.3 Å². The van der Waals surface area contributed by atoms with E-state index in [0.717, 1.165) is 12.8 Å². The van der Waals surface area contributed by atoms with Crippen molar-refractivity contribution in [3.63, 3.8) is 0 Å². The molecule has 2 rings (SSSR count). The van der Waals surface area contributed by atoms with Gasteiger partial charge in [0.15, 0.2) is 5.82 Å². The maximum atomic E-state index is 13.0. The van der Waals surface area contributed by atoms with Crippen LogP contribution in [0.15, 0.2) is 17.1 Å². The lowest BCUT2D eigenvalue weighted by Crippen LogP contribution is -2.45. The van der Waals surface area contributed by atoms with Gasteiger partial charge in [0.25, 0.3) is 0 Å². The molecule has 1 unspecified atom stereocenters. The molecule has 1 aromatic rings. The van der Waals surface area contributed by atoms with Crippen molar-refractivity contribution in [1.82, 2.24) is 9.55 Å². The fourth-order valence-electron chi connectivity index (χ4n) is 3.34. The van der Waals surface area contributed by atoms with Crippen molar-refractivity contribution in [2.45, 2.75) is 104 Å². The van der Waals surface area contributed by atoms with Gasteiger partial charge in [0.05, 0.1) is 38.4 Å². The number of amides is 2. The van der Waals surface area contributed by atoms with E-state index in [2.05, 4.69) is 4.98 Å². The van der Waals surface area contributed by atoms with Crippen LogP contribution in [0.1, 0.15) is 86.8 Å². The molecule has 2 amide bonds. The topological polar surface area (TPSA) is 151 Å². The number of ether oxygens (including phenoxy) is 3. The zero-order valence-electron chi connectivity index (χ0n) is 24.4. The number of carbonyl (C=O) groups is 2. The molecular weight excluding hydrogens is 543 g/mol. The molecule has 1 saturated heterocycles. The molecule has 40 heavy (non-hydrogen) atoms. The molecule has 1 aliphatic rings. The molecule has 0 aliphatic carbocycles. The molecule has 0 saturated carbocycles. The Balaban J connectivity index is 2.11. The molecule has 0 bridgehead atoms. The first-order valence-electron chi connectivity index (χ1n) is 13.3. The quantitative estimate of drug-likeness (QED) is 0.223. The molecule has 3 atom stereocenters. The highest BCUT2D eigenvalue weighted by Crippen LogP contribution is 2.41. The van der Waals surface area contributed by atoms with E-state index in [1.807, 2.05) is 13.0 Å². The zero-order chi connectivity index (χ0) is 29.9. The van der Waals surface area contributed by atoms with Crippen LogP contribution in [-0.2, 0) is 27.8 Å². The molecular formula is C26H41N4O9P. The molecule has 224 valence electrons. The minimum absolute atomic E-state index is 0.187. The number of aromatic nitrogens is 2. The van der Waals surface area contributed by atoms with Crippen molar-refractivity contribution < 1.29 is 37.4 Å². The second-order valence-electron chi connectivity index (χ2n) is 11.0. The summed E-state index contributed by atoms with van der Waals surface area (Å²) in [6.45, 7) is 12.8. The standard InChI is InChI=1S/C26H41N4O9P/c1-8-9-16-34-40(35-17-10-14-27)36-18-19-11-12-21(37-19)29-15-13-20(28-22(29)31)30(23(32)38-25(2,3)4)24(33)39-26(5,6)7/h13,15,19,21H,8-12,16-18H2,1-7H3/t19-,21+,40?/m0/s1. The van der Waals surface area contributed by atoms with Crippen LogP contribution in [0.4, 0.5) is 15.4 Å². The highest BCUT2D eigenvalue weighted by atomic mass is 31.2. The predicted octanol–water partition coefficient (Wildman–Crippen LogP) is 5.59. The van der Waals surface area contributed by atoms with Gasteiger partial charge in [0.2, 0.25) is 0 Å². The van der Waals surface area contributed by atoms with Gasteiger partial charge in [-0.25, -0.2) is 14.4 Å². The van der Waals surface area contributed by atoms with Crippen molar-refractivity contribution in [3.8, 4) is 6.07 Å². The Morgan fingerprint density at radius 3 is 2.27 bits per heavy atom. The van der Waals surface area contributed by atoms with Gasteiger partial charge in [0, 0.05) is 6.20 Å². The second-order valence-corrected chi connectivity index (χ2v) is 12.2. The monoisotopic (exact) mass is 584 g/mol. The van der Waals surface area contributed by atoms with Gasteiger partial charge in [-0.3, -0.25) is 4.57 Å². The van der Waals surface area contributed by atoms with Gasteiger partial charge < -0.3 is 27.8 Å². The van der Waals surface area contributed by atoms with Crippen LogP contribution in [0.3, 0.4) is 0 Å². The van der Waals surface area contributed by atoms with E-state index in [9.17, 15) is 14.4 Å². The molecule has 1 aliphatic heterocycles. The lowest BCUT2D eigenvalue weighted by molar-refractivity contribution is -0.0237. The Morgan fingerprint density at radius 1 is 1.10 bits per heavy atom. The normalized spacial score (nSPS) is 18.1. The summed E-state index contributed by atoms with van der Waals surface area (Å²) in [5.41, 5.74) is -2.52. The van der Waals surface area contributed by atoms with Crippen molar-refractivity contribution in [3.05, 3.63) is 22.7 Å². The maximum absolute atomic E-state index is 13.0. The van der Waals surface area contributed by atoms with E-state index in [4.69, 9.17) is 33.0 Å². The summed E-state index contributed by atoms with van der Waals surface area (Å²) in [6, 6.07) is 3.37. The number of anilines is 1.